The summed E-state index contributed by atoms with van der Waals surface area (Å²) in [5, 5.41) is 2.58. The first kappa shape index (κ1) is 23.6. The Morgan fingerprint density at radius 3 is 2.31 bits per heavy atom. The van der Waals surface area contributed by atoms with Gasteiger partial charge >= 0.3 is 0 Å². The maximum absolute atomic E-state index is 13.2. The van der Waals surface area contributed by atoms with E-state index in [1.165, 1.54) is 43.8 Å². The lowest BCUT2D eigenvalue weighted by molar-refractivity contribution is -0.124. The van der Waals surface area contributed by atoms with Gasteiger partial charge in [0.25, 0.3) is 0 Å². The van der Waals surface area contributed by atoms with Crippen molar-refractivity contribution >= 4 is 21.7 Å². The highest BCUT2D eigenvalue weighted by Crippen LogP contribution is 2.33. The van der Waals surface area contributed by atoms with Gasteiger partial charge in [-0.25, -0.2) is 8.42 Å². The summed E-state index contributed by atoms with van der Waals surface area (Å²) in [5.74, 6) is 0.507. The number of ketones is 1. The number of hydrogen-bond acceptors (Lipinski definition) is 7. The molecule has 0 aliphatic carbocycles. The number of methoxy groups -OCH3 is 3. The van der Waals surface area contributed by atoms with Crippen molar-refractivity contribution in [2.24, 2.45) is 0 Å². The molecule has 2 aromatic carbocycles. The van der Waals surface area contributed by atoms with Gasteiger partial charge in [-0.1, -0.05) is 0 Å². The number of nitrogens with zero attached hydrogens (tertiary/aromatic N) is 1. The fourth-order valence-corrected chi connectivity index (χ4v) is 5.24. The van der Waals surface area contributed by atoms with E-state index in [0.717, 1.165) is 0 Å². The molecule has 1 amide bonds. The van der Waals surface area contributed by atoms with E-state index in [1.54, 1.807) is 24.3 Å². The third kappa shape index (κ3) is 4.86. The molecule has 32 heavy (non-hydrogen) atoms. The second-order valence-corrected chi connectivity index (χ2v) is 9.05. The summed E-state index contributed by atoms with van der Waals surface area (Å²) in [6, 6.07) is 9.92. The second kappa shape index (κ2) is 10.0. The normalized spacial score (nSPS) is 16.4. The van der Waals surface area contributed by atoms with Crippen molar-refractivity contribution < 1.29 is 32.2 Å². The predicted octanol–water partition coefficient (Wildman–Crippen LogP) is 1.86. The Balaban J connectivity index is 1.71. The number of Topliss-reactive ketones (excluding diaryl/α,β-unsaturated/α-hetero) is 1. The number of hydrogen-bond donors (Lipinski definition) is 1. The molecule has 0 saturated carbocycles. The van der Waals surface area contributed by atoms with E-state index < -0.39 is 22.0 Å². The summed E-state index contributed by atoms with van der Waals surface area (Å²) in [7, 11) is 0.453. The SMILES string of the molecule is COc1ccc(C(=O)CNC(=O)C2CCCN2S(=O)(=O)c2ccc(OC)c(OC)c2)cc1. The average Bonchev–Trinajstić information content (AvgIpc) is 3.33. The van der Waals surface area contributed by atoms with Gasteiger partial charge in [0, 0.05) is 18.2 Å². The summed E-state index contributed by atoms with van der Waals surface area (Å²) < 4.78 is 43.0. The molecule has 1 unspecified atom stereocenters. The zero-order valence-corrected chi connectivity index (χ0v) is 19.0. The Kier molecular flexibility index (Phi) is 7.37. The molecule has 1 saturated heterocycles. The molecule has 1 fully saturated rings. The van der Waals surface area contributed by atoms with Crippen LogP contribution in [0.15, 0.2) is 47.4 Å². The molecule has 0 aromatic heterocycles. The summed E-state index contributed by atoms with van der Waals surface area (Å²) in [4.78, 5) is 25.1. The van der Waals surface area contributed by atoms with Crippen LogP contribution in [0.5, 0.6) is 17.2 Å². The van der Waals surface area contributed by atoms with Crippen molar-refractivity contribution in [3.63, 3.8) is 0 Å². The number of carbonyl (C=O) groups is 2. The van der Waals surface area contributed by atoms with Crippen molar-refractivity contribution in [3.05, 3.63) is 48.0 Å². The number of benzene rings is 2. The van der Waals surface area contributed by atoms with E-state index in [9.17, 15) is 18.0 Å². The first-order valence-electron chi connectivity index (χ1n) is 10.0. The van der Waals surface area contributed by atoms with Gasteiger partial charge in [-0.3, -0.25) is 9.59 Å². The zero-order chi connectivity index (χ0) is 23.3. The van der Waals surface area contributed by atoms with E-state index in [-0.39, 0.29) is 29.5 Å². The van der Waals surface area contributed by atoms with Gasteiger partial charge in [0.2, 0.25) is 15.9 Å². The molecule has 10 heteroatoms. The van der Waals surface area contributed by atoms with E-state index in [1.807, 2.05) is 0 Å². The molecule has 1 aliphatic rings. The van der Waals surface area contributed by atoms with Crippen LogP contribution in [0.1, 0.15) is 23.2 Å². The Morgan fingerprint density at radius 2 is 1.69 bits per heavy atom. The van der Waals surface area contributed by atoms with Gasteiger partial charge in [0.15, 0.2) is 17.3 Å². The fraction of sp³-hybridized carbons (Fsp3) is 0.364. The topological polar surface area (TPSA) is 111 Å². The minimum atomic E-state index is -3.95. The molecule has 1 N–H and O–H groups in total. The second-order valence-electron chi connectivity index (χ2n) is 7.16. The number of sulfonamides is 1. The van der Waals surface area contributed by atoms with E-state index in [0.29, 0.717) is 29.9 Å². The number of amides is 1. The summed E-state index contributed by atoms with van der Waals surface area (Å²) in [5.41, 5.74) is 0.423. The van der Waals surface area contributed by atoms with Gasteiger partial charge in [-0.2, -0.15) is 4.31 Å². The van der Waals surface area contributed by atoms with Gasteiger partial charge in [-0.15, -0.1) is 0 Å². The van der Waals surface area contributed by atoms with Crippen LogP contribution in [0.2, 0.25) is 0 Å². The third-order valence-corrected chi connectivity index (χ3v) is 7.21. The Hall–Kier alpha value is -3.11. The summed E-state index contributed by atoms with van der Waals surface area (Å²) >= 11 is 0. The molecule has 0 spiro atoms. The minimum Gasteiger partial charge on any atom is -0.497 e. The van der Waals surface area contributed by atoms with Crippen LogP contribution >= 0.6 is 0 Å². The first-order valence-corrected chi connectivity index (χ1v) is 11.4. The molecule has 9 nitrogen and oxygen atoms in total. The molecule has 1 aliphatic heterocycles. The van der Waals surface area contributed by atoms with Crippen molar-refractivity contribution in [1.82, 2.24) is 9.62 Å². The minimum absolute atomic E-state index is 0.00385. The Labute approximate surface area is 187 Å². The average molecular weight is 463 g/mol. The number of ether oxygens (including phenoxy) is 3. The van der Waals surface area contributed by atoms with Crippen molar-refractivity contribution in [3.8, 4) is 17.2 Å². The molecule has 172 valence electrons. The van der Waals surface area contributed by atoms with Crippen LogP contribution in [-0.4, -0.2) is 64.9 Å². The van der Waals surface area contributed by atoms with E-state index in [4.69, 9.17) is 14.2 Å². The highest BCUT2D eigenvalue weighted by Gasteiger charge is 2.39. The highest BCUT2D eigenvalue weighted by atomic mass is 32.2. The molecular formula is C22H26N2O7S. The van der Waals surface area contributed by atoms with Gasteiger partial charge in [0.1, 0.15) is 11.8 Å². The van der Waals surface area contributed by atoms with Crippen LogP contribution in [0.25, 0.3) is 0 Å². The fourth-order valence-electron chi connectivity index (χ4n) is 3.57. The van der Waals surface area contributed by atoms with Crippen molar-refractivity contribution in [1.29, 1.82) is 0 Å². The molecule has 0 radical (unpaired) electrons. The summed E-state index contributed by atoms with van der Waals surface area (Å²) in [6.07, 6.45) is 0.909. The zero-order valence-electron chi connectivity index (χ0n) is 18.2. The highest BCUT2D eigenvalue weighted by molar-refractivity contribution is 7.89. The molecule has 0 bridgehead atoms. The maximum Gasteiger partial charge on any atom is 0.243 e. The monoisotopic (exact) mass is 462 g/mol. The first-order chi connectivity index (χ1) is 15.3. The smallest absolute Gasteiger partial charge is 0.243 e. The number of rotatable bonds is 9. The Bertz CT molecular complexity index is 1080. The largest absolute Gasteiger partial charge is 0.497 e. The van der Waals surface area contributed by atoms with Crippen LogP contribution < -0.4 is 19.5 Å². The van der Waals surface area contributed by atoms with Crippen LogP contribution in [-0.2, 0) is 14.8 Å². The lowest BCUT2D eigenvalue weighted by atomic mass is 10.1. The van der Waals surface area contributed by atoms with E-state index in [2.05, 4.69) is 5.32 Å². The Morgan fingerprint density at radius 1 is 1.00 bits per heavy atom. The number of carbonyl (C=O) groups excluding carboxylic acids is 2. The van der Waals surface area contributed by atoms with Crippen LogP contribution in [0.4, 0.5) is 0 Å². The maximum atomic E-state index is 13.2. The molecular weight excluding hydrogens is 436 g/mol. The lowest BCUT2D eigenvalue weighted by Crippen LogP contribution is -2.47. The molecule has 1 atom stereocenters. The quantitative estimate of drug-likeness (QED) is 0.566. The molecule has 1 heterocycles. The van der Waals surface area contributed by atoms with E-state index >= 15 is 0 Å². The van der Waals surface area contributed by atoms with Crippen LogP contribution in [0.3, 0.4) is 0 Å². The third-order valence-electron chi connectivity index (χ3n) is 5.30. The van der Waals surface area contributed by atoms with Crippen LogP contribution in [0, 0.1) is 0 Å². The standard InChI is InChI=1S/C22H26N2O7S/c1-29-16-8-6-15(7-9-16)19(25)14-23-22(26)18-5-4-12-24(18)32(27,28)17-10-11-20(30-2)21(13-17)31-3/h6-11,13,18H,4-5,12,14H2,1-3H3,(H,23,26). The summed E-state index contributed by atoms with van der Waals surface area (Å²) in [6.45, 7) is -0.0207. The lowest BCUT2D eigenvalue weighted by Gasteiger charge is -2.23. The van der Waals surface area contributed by atoms with Gasteiger partial charge in [0.05, 0.1) is 32.8 Å². The van der Waals surface area contributed by atoms with Crippen molar-refractivity contribution in [2.75, 3.05) is 34.4 Å². The predicted molar refractivity (Wildman–Crippen MR) is 117 cm³/mol. The van der Waals surface area contributed by atoms with Gasteiger partial charge < -0.3 is 19.5 Å². The molecule has 3 rings (SSSR count). The number of nitrogens with one attached hydrogen (secondary N) is 1. The van der Waals surface area contributed by atoms with Gasteiger partial charge in [-0.05, 0) is 49.2 Å². The molecule has 2 aromatic rings. The van der Waals surface area contributed by atoms with Crippen molar-refractivity contribution in [2.45, 2.75) is 23.8 Å².